The van der Waals surface area contributed by atoms with Gasteiger partial charge in [0.1, 0.15) is 12.3 Å². The second kappa shape index (κ2) is 6.95. The summed E-state index contributed by atoms with van der Waals surface area (Å²) in [6.45, 7) is 0.136. The predicted molar refractivity (Wildman–Crippen MR) is 60.7 cm³/mol. The van der Waals surface area contributed by atoms with E-state index in [1.807, 2.05) is 24.3 Å². The summed E-state index contributed by atoms with van der Waals surface area (Å²) in [5, 5.41) is 2.92. The lowest BCUT2D eigenvalue weighted by atomic mass is 10.3. The molecule has 1 rings (SSSR count). The third-order valence-electron chi connectivity index (χ3n) is 1.76. The van der Waals surface area contributed by atoms with E-state index in [0.29, 0.717) is 5.75 Å². The molecule has 0 bridgehead atoms. The maximum Gasteiger partial charge on any atom is 0.325 e. The molecular weight excluding hydrogens is 218 g/mol. The molecule has 1 aromatic rings. The largest absolute Gasteiger partial charge is 0.495 e. The van der Waals surface area contributed by atoms with Crippen molar-refractivity contribution >= 4 is 24.1 Å². The zero-order chi connectivity index (χ0) is 10.4. The summed E-state index contributed by atoms with van der Waals surface area (Å²) < 4.78 is 9.60. The number of hydrogen-bond acceptors (Lipinski definition) is 4. The Morgan fingerprint density at radius 1 is 1.33 bits per heavy atom. The molecule has 0 radical (unpaired) electrons. The Bertz CT molecular complexity index is 317. The first-order valence-electron chi connectivity index (χ1n) is 4.21. The first-order valence-corrected chi connectivity index (χ1v) is 4.21. The van der Waals surface area contributed by atoms with Crippen molar-refractivity contribution in [1.29, 1.82) is 0 Å². The Hall–Kier alpha value is -1.42. The number of hydrogen-bond donors (Lipinski definition) is 1. The molecule has 15 heavy (non-hydrogen) atoms. The van der Waals surface area contributed by atoms with Crippen molar-refractivity contribution in [1.82, 2.24) is 0 Å². The Morgan fingerprint density at radius 3 is 2.60 bits per heavy atom. The molecule has 0 saturated heterocycles. The minimum atomic E-state index is -0.309. The fourth-order valence-electron chi connectivity index (χ4n) is 1.03. The lowest BCUT2D eigenvalue weighted by Gasteiger charge is -2.09. The van der Waals surface area contributed by atoms with Gasteiger partial charge in [-0.2, -0.15) is 0 Å². The van der Waals surface area contributed by atoms with E-state index in [1.54, 1.807) is 7.11 Å². The summed E-state index contributed by atoms with van der Waals surface area (Å²) in [5.74, 6) is 0.396. The van der Waals surface area contributed by atoms with Crippen LogP contribution >= 0.6 is 12.4 Å². The van der Waals surface area contributed by atoms with Crippen LogP contribution < -0.4 is 10.1 Å². The van der Waals surface area contributed by atoms with Crippen molar-refractivity contribution in [3.63, 3.8) is 0 Å². The van der Waals surface area contributed by atoms with Gasteiger partial charge in [0, 0.05) is 0 Å². The van der Waals surface area contributed by atoms with Crippen LogP contribution in [0.2, 0.25) is 0 Å². The Kier molecular flexibility index (Phi) is 6.29. The molecule has 0 atom stereocenters. The van der Waals surface area contributed by atoms with Gasteiger partial charge in [0.25, 0.3) is 0 Å². The third-order valence-corrected chi connectivity index (χ3v) is 1.76. The number of carbonyl (C=O) groups excluding carboxylic acids is 1. The molecule has 1 aromatic carbocycles. The van der Waals surface area contributed by atoms with E-state index in [9.17, 15) is 4.79 Å². The minimum Gasteiger partial charge on any atom is -0.495 e. The highest BCUT2D eigenvalue weighted by Crippen LogP contribution is 2.22. The predicted octanol–water partition coefficient (Wildman–Crippen LogP) is 1.70. The van der Waals surface area contributed by atoms with Gasteiger partial charge in [0.15, 0.2) is 0 Å². The summed E-state index contributed by atoms with van der Waals surface area (Å²) in [6, 6.07) is 7.38. The van der Waals surface area contributed by atoms with Gasteiger partial charge in [-0.1, -0.05) is 12.1 Å². The summed E-state index contributed by atoms with van der Waals surface area (Å²) in [7, 11) is 2.94. The maximum atomic E-state index is 10.9. The quantitative estimate of drug-likeness (QED) is 0.802. The summed E-state index contributed by atoms with van der Waals surface area (Å²) in [6.07, 6.45) is 0. The van der Waals surface area contributed by atoms with Crippen LogP contribution in [0.1, 0.15) is 0 Å². The van der Waals surface area contributed by atoms with Crippen LogP contribution in [0.25, 0.3) is 0 Å². The topological polar surface area (TPSA) is 47.6 Å². The SMILES string of the molecule is COC(=O)CNc1ccccc1OC.Cl. The van der Waals surface area contributed by atoms with Crippen LogP contribution in [-0.2, 0) is 9.53 Å². The first kappa shape index (κ1) is 13.6. The number of ether oxygens (including phenoxy) is 2. The second-order valence-electron chi connectivity index (χ2n) is 2.63. The molecule has 0 saturated carbocycles. The van der Waals surface area contributed by atoms with Crippen LogP contribution in [0.4, 0.5) is 5.69 Å². The Balaban J connectivity index is 0.00000196. The van der Waals surface area contributed by atoms with E-state index >= 15 is 0 Å². The number of benzene rings is 1. The summed E-state index contributed by atoms with van der Waals surface area (Å²) in [4.78, 5) is 10.9. The molecule has 5 heteroatoms. The number of anilines is 1. The van der Waals surface area contributed by atoms with E-state index < -0.39 is 0 Å². The van der Waals surface area contributed by atoms with Gasteiger partial charge in [-0.25, -0.2) is 0 Å². The molecule has 0 spiro atoms. The number of halogens is 1. The highest BCUT2D eigenvalue weighted by molar-refractivity contribution is 5.85. The zero-order valence-corrected chi connectivity index (χ0v) is 9.47. The van der Waals surface area contributed by atoms with Gasteiger partial charge < -0.3 is 14.8 Å². The molecule has 1 N–H and O–H groups in total. The molecule has 0 aromatic heterocycles. The Labute approximate surface area is 95.0 Å². The standard InChI is InChI=1S/C10H13NO3.ClH/c1-13-9-6-4-3-5-8(9)11-7-10(12)14-2;/h3-6,11H,7H2,1-2H3;1H. The van der Waals surface area contributed by atoms with E-state index in [1.165, 1.54) is 7.11 Å². The normalized spacial score (nSPS) is 8.67. The summed E-state index contributed by atoms with van der Waals surface area (Å²) >= 11 is 0. The van der Waals surface area contributed by atoms with Crippen LogP contribution in [0, 0.1) is 0 Å². The lowest BCUT2D eigenvalue weighted by molar-refractivity contribution is -0.138. The van der Waals surface area contributed by atoms with E-state index in [0.717, 1.165) is 5.69 Å². The molecular formula is C10H14ClNO3. The fraction of sp³-hybridized carbons (Fsp3) is 0.300. The number of carbonyl (C=O) groups is 1. The number of nitrogens with one attached hydrogen (secondary N) is 1. The monoisotopic (exact) mass is 231 g/mol. The second-order valence-corrected chi connectivity index (χ2v) is 2.63. The smallest absolute Gasteiger partial charge is 0.325 e. The van der Waals surface area contributed by atoms with Crippen molar-refractivity contribution < 1.29 is 14.3 Å². The summed E-state index contributed by atoms with van der Waals surface area (Å²) in [5.41, 5.74) is 0.778. The third kappa shape index (κ3) is 4.08. The number of methoxy groups -OCH3 is 2. The van der Waals surface area contributed by atoms with Gasteiger partial charge >= 0.3 is 5.97 Å². The highest BCUT2D eigenvalue weighted by Gasteiger charge is 2.03. The average Bonchev–Trinajstić information content (AvgIpc) is 2.26. The minimum absolute atomic E-state index is 0. The molecule has 0 fully saturated rings. The average molecular weight is 232 g/mol. The fourth-order valence-corrected chi connectivity index (χ4v) is 1.03. The van der Waals surface area contributed by atoms with Gasteiger partial charge in [0.2, 0.25) is 0 Å². The number of para-hydroxylation sites is 2. The highest BCUT2D eigenvalue weighted by atomic mass is 35.5. The van der Waals surface area contributed by atoms with Crippen LogP contribution in [0.5, 0.6) is 5.75 Å². The van der Waals surface area contributed by atoms with Crippen LogP contribution in [-0.4, -0.2) is 26.7 Å². The first-order chi connectivity index (χ1) is 6.77. The molecule has 0 aliphatic carbocycles. The molecule has 4 nitrogen and oxygen atoms in total. The van der Waals surface area contributed by atoms with E-state index in [2.05, 4.69) is 10.1 Å². The van der Waals surface area contributed by atoms with Crippen LogP contribution in [0.3, 0.4) is 0 Å². The van der Waals surface area contributed by atoms with Crippen molar-refractivity contribution in [3.8, 4) is 5.75 Å². The van der Waals surface area contributed by atoms with Gasteiger partial charge in [-0.15, -0.1) is 12.4 Å². The van der Waals surface area contributed by atoms with E-state index in [4.69, 9.17) is 4.74 Å². The molecule has 0 aliphatic heterocycles. The van der Waals surface area contributed by atoms with Crippen molar-refractivity contribution in [2.24, 2.45) is 0 Å². The van der Waals surface area contributed by atoms with Crippen molar-refractivity contribution in [2.45, 2.75) is 0 Å². The van der Waals surface area contributed by atoms with Crippen LogP contribution in [0.15, 0.2) is 24.3 Å². The van der Waals surface area contributed by atoms with Gasteiger partial charge in [0.05, 0.1) is 19.9 Å². The molecule has 0 aliphatic rings. The van der Waals surface area contributed by atoms with Gasteiger partial charge in [-0.3, -0.25) is 4.79 Å². The number of rotatable bonds is 4. The molecule has 0 heterocycles. The number of esters is 1. The van der Waals surface area contributed by atoms with Gasteiger partial charge in [-0.05, 0) is 12.1 Å². The maximum absolute atomic E-state index is 10.9. The van der Waals surface area contributed by atoms with Crippen molar-refractivity contribution in [3.05, 3.63) is 24.3 Å². The molecule has 84 valence electrons. The zero-order valence-electron chi connectivity index (χ0n) is 8.65. The molecule has 0 amide bonds. The van der Waals surface area contributed by atoms with Crippen molar-refractivity contribution in [2.75, 3.05) is 26.1 Å². The lowest BCUT2D eigenvalue weighted by Crippen LogP contribution is -2.15. The van der Waals surface area contributed by atoms with E-state index in [-0.39, 0.29) is 24.9 Å². The Morgan fingerprint density at radius 2 is 2.00 bits per heavy atom. The molecule has 0 unspecified atom stereocenters.